The third-order valence-electron chi connectivity index (χ3n) is 4.00. The first-order valence-electron chi connectivity index (χ1n) is 6.89. The molecule has 0 aromatic heterocycles. The molecule has 1 aliphatic heterocycles. The Morgan fingerprint density at radius 2 is 2.05 bits per heavy atom. The van der Waals surface area contributed by atoms with Crippen molar-refractivity contribution in [1.29, 1.82) is 5.26 Å². The summed E-state index contributed by atoms with van der Waals surface area (Å²) in [5, 5.41) is 8.92. The highest BCUT2D eigenvalue weighted by Gasteiger charge is 2.33. The highest BCUT2D eigenvalue weighted by Crippen LogP contribution is 2.28. The number of nitriles is 1. The molecule has 4 nitrogen and oxygen atoms in total. The minimum absolute atomic E-state index is 0.0275. The molecule has 0 amide bonds. The smallest absolute Gasteiger partial charge is 0.207 e. The quantitative estimate of drug-likeness (QED) is 0.842. The first-order chi connectivity index (χ1) is 9.36. The molecule has 1 aromatic rings. The molecule has 2 unspecified atom stereocenters. The molecule has 0 aliphatic carbocycles. The van der Waals surface area contributed by atoms with E-state index in [-0.39, 0.29) is 10.9 Å². The zero-order chi connectivity index (χ0) is 14.9. The van der Waals surface area contributed by atoms with Gasteiger partial charge in [0, 0.05) is 12.6 Å². The summed E-state index contributed by atoms with van der Waals surface area (Å²) in [6, 6.07) is 6.80. The summed E-state index contributed by atoms with van der Waals surface area (Å²) in [6.07, 6.45) is 1.80. The fourth-order valence-corrected chi connectivity index (χ4v) is 4.54. The van der Waals surface area contributed by atoms with Crippen molar-refractivity contribution in [2.45, 2.75) is 44.6 Å². The van der Waals surface area contributed by atoms with E-state index in [9.17, 15) is 8.42 Å². The Bertz CT molecular complexity index is 646. The molecule has 1 aliphatic rings. The van der Waals surface area contributed by atoms with E-state index in [1.807, 2.05) is 6.92 Å². The number of piperidine rings is 1. The van der Waals surface area contributed by atoms with E-state index in [0.717, 1.165) is 12.8 Å². The van der Waals surface area contributed by atoms with E-state index >= 15 is 0 Å². The first-order valence-corrected chi connectivity index (χ1v) is 8.33. The molecule has 1 fully saturated rings. The van der Waals surface area contributed by atoms with Crippen molar-refractivity contribution in [1.82, 2.24) is 4.31 Å². The van der Waals surface area contributed by atoms with Gasteiger partial charge in [-0.3, -0.25) is 0 Å². The van der Waals surface area contributed by atoms with E-state index < -0.39 is 10.0 Å². The monoisotopic (exact) mass is 292 g/mol. The second kappa shape index (κ2) is 5.55. The van der Waals surface area contributed by atoms with Gasteiger partial charge in [0.25, 0.3) is 0 Å². The van der Waals surface area contributed by atoms with Gasteiger partial charge in [0.15, 0.2) is 0 Å². The molecule has 108 valence electrons. The average Bonchev–Trinajstić information content (AvgIpc) is 2.38. The lowest BCUT2D eigenvalue weighted by atomic mass is 9.95. The largest absolute Gasteiger partial charge is 0.243 e. The zero-order valence-corrected chi connectivity index (χ0v) is 12.9. The molecule has 0 N–H and O–H groups in total. The summed E-state index contributed by atoms with van der Waals surface area (Å²) in [5.41, 5.74) is 1.22. The standard InChI is InChI=1S/C15H20N2O2S/c1-11-6-7-17(13(3)8-11)20(18,19)15-5-4-14(10-16)12(2)9-15/h4-5,9,11,13H,6-8H2,1-3H3. The fraction of sp³-hybridized carbons (Fsp3) is 0.533. The van der Waals surface area contributed by atoms with Crippen LogP contribution in [0.5, 0.6) is 0 Å². The third kappa shape index (κ3) is 2.72. The topological polar surface area (TPSA) is 61.2 Å². The van der Waals surface area contributed by atoms with Crippen molar-refractivity contribution in [3.8, 4) is 6.07 Å². The molecule has 0 bridgehead atoms. The first kappa shape index (κ1) is 15.0. The Hall–Kier alpha value is -1.38. The predicted octanol–water partition coefficient (Wildman–Crippen LogP) is 2.68. The van der Waals surface area contributed by atoms with Gasteiger partial charge in [-0.2, -0.15) is 9.57 Å². The number of hydrogen-bond acceptors (Lipinski definition) is 3. The maximum absolute atomic E-state index is 12.7. The number of rotatable bonds is 2. The van der Waals surface area contributed by atoms with Crippen LogP contribution in [0.2, 0.25) is 0 Å². The van der Waals surface area contributed by atoms with E-state index in [0.29, 0.717) is 23.6 Å². The molecule has 5 heteroatoms. The van der Waals surface area contributed by atoms with Gasteiger partial charge in [0.1, 0.15) is 0 Å². The Kier molecular flexibility index (Phi) is 4.17. The van der Waals surface area contributed by atoms with Gasteiger partial charge in [0.05, 0.1) is 16.5 Å². The number of aryl methyl sites for hydroxylation is 1. The van der Waals surface area contributed by atoms with Gasteiger partial charge in [-0.15, -0.1) is 0 Å². The van der Waals surface area contributed by atoms with Crippen LogP contribution in [0.15, 0.2) is 23.1 Å². The van der Waals surface area contributed by atoms with Crippen molar-refractivity contribution in [2.75, 3.05) is 6.54 Å². The van der Waals surface area contributed by atoms with Crippen molar-refractivity contribution >= 4 is 10.0 Å². The summed E-state index contributed by atoms with van der Waals surface area (Å²) < 4.78 is 27.0. The summed E-state index contributed by atoms with van der Waals surface area (Å²) in [5.74, 6) is 0.569. The van der Waals surface area contributed by atoms with Gasteiger partial charge >= 0.3 is 0 Å². The number of benzene rings is 1. The number of sulfonamides is 1. The van der Waals surface area contributed by atoms with Gasteiger partial charge in [0.2, 0.25) is 10.0 Å². The lowest BCUT2D eigenvalue weighted by Gasteiger charge is -2.35. The maximum atomic E-state index is 12.7. The van der Waals surface area contributed by atoms with Crippen LogP contribution in [0.1, 0.15) is 37.8 Å². The molecule has 1 aromatic carbocycles. The lowest BCUT2D eigenvalue weighted by Crippen LogP contribution is -2.44. The second-order valence-corrected chi connectivity index (χ2v) is 7.57. The lowest BCUT2D eigenvalue weighted by molar-refractivity contribution is 0.220. The maximum Gasteiger partial charge on any atom is 0.243 e. The predicted molar refractivity (Wildman–Crippen MR) is 77.6 cm³/mol. The summed E-state index contributed by atoms with van der Waals surface area (Å²) in [7, 11) is -3.46. The minimum atomic E-state index is -3.46. The molecule has 0 radical (unpaired) electrons. The van der Waals surface area contributed by atoms with Crippen LogP contribution < -0.4 is 0 Å². The van der Waals surface area contributed by atoms with E-state index in [1.165, 1.54) is 6.07 Å². The van der Waals surface area contributed by atoms with E-state index in [2.05, 4.69) is 13.0 Å². The zero-order valence-electron chi connectivity index (χ0n) is 12.1. The number of nitrogens with zero attached hydrogens (tertiary/aromatic N) is 2. The molecular formula is C15H20N2O2S. The van der Waals surface area contributed by atoms with Crippen LogP contribution in [-0.4, -0.2) is 25.3 Å². The molecular weight excluding hydrogens is 272 g/mol. The Morgan fingerprint density at radius 1 is 1.35 bits per heavy atom. The van der Waals surface area contributed by atoms with E-state index in [1.54, 1.807) is 23.4 Å². The van der Waals surface area contributed by atoms with Crippen molar-refractivity contribution < 1.29 is 8.42 Å². The van der Waals surface area contributed by atoms with Gasteiger partial charge in [-0.05, 0) is 56.4 Å². The number of hydrogen-bond donors (Lipinski definition) is 0. The molecule has 2 atom stereocenters. The molecule has 1 saturated heterocycles. The molecule has 20 heavy (non-hydrogen) atoms. The normalized spacial score (nSPS) is 24.3. The summed E-state index contributed by atoms with van der Waals surface area (Å²) >= 11 is 0. The van der Waals surface area contributed by atoms with Crippen LogP contribution in [0, 0.1) is 24.2 Å². The van der Waals surface area contributed by atoms with Crippen molar-refractivity contribution in [2.24, 2.45) is 5.92 Å². The Balaban J connectivity index is 2.36. The van der Waals surface area contributed by atoms with E-state index in [4.69, 9.17) is 5.26 Å². The van der Waals surface area contributed by atoms with Gasteiger partial charge < -0.3 is 0 Å². The molecule has 0 spiro atoms. The summed E-state index contributed by atoms with van der Waals surface area (Å²) in [4.78, 5) is 0.287. The molecule has 1 heterocycles. The third-order valence-corrected chi connectivity index (χ3v) is 6.01. The Labute approximate surface area is 121 Å². The average molecular weight is 292 g/mol. The molecule has 0 saturated carbocycles. The van der Waals surface area contributed by atoms with Crippen molar-refractivity contribution in [3.63, 3.8) is 0 Å². The Morgan fingerprint density at radius 3 is 2.60 bits per heavy atom. The second-order valence-electron chi connectivity index (χ2n) is 5.68. The molecule has 2 rings (SSSR count). The van der Waals surface area contributed by atoms with Crippen LogP contribution in [-0.2, 0) is 10.0 Å². The highest BCUT2D eigenvalue weighted by molar-refractivity contribution is 7.89. The van der Waals surface area contributed by atoms with Gasteiger partial charge in [-0.1, -0.05) is 6.92 Å². The van der Waals surface area contributed by atoms with Gasteiger partial charge in [-0.25, -0.2) is 8.42 Å². The van der Waals surface area contributed by atoms with Crippen LogP contribution in [0.3, 0.4) is 0 Å². The van der Waals surface area contributed by atoms with Crippen LogP contribution >= 0.6 is 0 Å². The SMILES string of the molecule is Cc1cc(S(=O)(=O)N2CCC(C)CC2C)ccc1C#N. The highest BCUT2D eigenvalue weighted by atomic mass is 32.2. The van der Waals surface area contributed by atoms with Crippen LogP contribution in [0.25, 0.3) is 0 Å². The summed E-state index contributed by atoms with van der Waals surface area (Å²) in [6.45, 7) is 6.46. The van der Waals surface area contributed by atoms with Crippen LogP contribution in [0.4, 0.5) is 0 Å². The fourth-order valence-electron chi connectivity index (χ4n) is 2.80. The van der Waals surface area contributed by atoms with Crippen molar-refractivity contribution in [3.05, 3.63) is 29.3 Å². The minimum Gasteiger partial charge on any atom is -0.207 e.